The van der Waals surface area contributed by atoms with Gasteiger partial charge in [-0.2, -0.15) is 0 Å². The van der Waals surface area contributed by atoms with Gasteiger partial charge in [0.2, 0.25) is 0 Å². The first-order chi connectivity index (χ1) is 1.00. The molecule has 0 N–H and O–H groups in total. The van der Waals surface area contributed by atoms with Gasteiger partial charge in [0.05, 0.1) is 0 Å². The molecule has 0 aliphatic carbocycles. The second kappa shape index (κ2) is 24.6. The van der Waals surface area contributed by atoms with Crippen molar-refractivity contribution in [2.45, 2.75) is 0 Å². The monoisotopic (exact) mass is 440 g/mol. The fourth-order valence-electron chi connectivity index (χ4n) is 0. The summed E-state index contributed by atoms with van der Waals surface area (Å²) in [7, 11) is 0. The molecule has 5 heteroatoms. The van der Waals surface area contributed by atoms with Crippen LogP contribution in [0.3, 0.4) is 0 Å². The third-order valence-corrected chi connectivity index (χ3v) is 0. The van der Waals surface area contributed by atoms with E-state index in [2.05, 4.69) is 0 Å². The molecule has 0 aromatic heterocycles. The zero-order valence-corrected chi connectivity index (χ0v) is 8.67. The Morgan fingerprint density at radius 1 is 1.20 bits per heavy atom. The Hall–Kier alpha value is 3.97. The molecule has 0 saturated carbocycles. The summed E-state index contributed by atoms with van der Waals surface area (Å²) in [6.07, 6.45) is 0. The molecule has 0 rings (SSSR count). The van der Waals surface area contributed by atoms with Crippen molar-refractivity contribution in [3.63, 3.8) is 0 Å². The Balaban J connectivity index is -0.00000000167. The Kier molecular flexibility index (Phi) is 113. The van der Waals surface area contributed by atoms with E-state index < -0.39 is 0 Å². The van der Waals surface area contributed by atoms with Gasteiger partial charge in [-0.25, -0.2) is 0 Å². The summed E-state index contributed by atoms with van der Waals surface area (Å²) in [5, 5.41) is 0. The molecule has 0 heterocycles. The van der Waals surface area contributed by atoms with Crippen molar-refractivity contribution in [2.75, 3.05) is 0 Å². The Morgan fingerprint density at radius 2 is 1.20 bits per heavy atom. The summed E-state index contributed by atoms with van der Waals surface area (Å²) < 4.78 is 8.25. The van der Waals surface area contributed by atoms with Crippen LogP contribution in [0, 0.1) is 0 Å². The minimum absolute atomic E-state index is 0. The van der Waals surface area contributed by atoms with E-state index in [0.29, 0.717) is 0 Å². The summed E-state index contributed by atoms with van der Waals surface area (Å²) in [6, 6.07) is 0. The van der Waals surface area contributed by atoms with Crippen LogP contribution in [0.15, 0.2) is 0 Å². The van der Waals surface area contributed by atoms with Gasteiger partial charge in [-0.1, -0.05) is 0 Å². The molecule has 0 amide bonds. The molecule has 1 nitrogen and oxygen atoms in total. The fourth-order valence-corrected chi connectivity index (χ4v) is 0. The molecule has 0 saturated heterocycles. The van der Waals surface area contributed by atoms with E-state index in [0.717, 1.165) is 20.4 Å². The van der Waals surface area contributed by atoms with Crippen molar-refractivity contribution in [1.29, 1.82) is 0 Å². The zero-order valence-electron chi connectivity index (χ0n) is 1.62. The van der Waals surface area contributed by atoms with E-state index in [4.69, 9.17) is 3.32 Å². The van der Waals surface area contributed by atoms with Gasteiger partial charge < -0.3 is 0 Å². The van der Waals surface area contributed by atoms with Crippen LogP contribution in [-0.2, 0) is 23.7 Å². The van der Waals surface area contributed by atoms with Crippen LogP contribution in [0.2, 0.25) is 0 Å². The van der Waals surface area contributed by atoms with Crippen LogP contribution in [0.1, 0.15) is 0 Å². The Morgan fingerprint density at radius 3 is 1.20 bits per heavy atom. The van der Waals surface area contributed by atoms with Crippen molar-refractivity contribution in [3.8, 4) is 0 Å². The standard InChI is InChI=1S/Ba.Bi.Na.O.Ti.6H. The van der Waals surface area contributed by atoms with Gasteiger partial charge in [0, 0.05) is 0 Å². The first-order valence-corrected chi connectivity index (χ1v) is 0.842. The van der Waals surface area contributed by atoms with Gasteiger partial charge in [-0.3, -0.25) is 0 Å². The molecular formula is H6BaBiNaOTi. The van der Waals surface area contributed by atoms with Crippen molar-refractivity contribution >= 4 is 105 Å². The summed E-state index contributed by atoms with van der Waals surface area (Å²) in [5.41, 5.74) is 0. The molecule has 0 bridgehead atoms. The van der Waals surface area contributed by atoms with E-state index in [9.17, 15) is 0 Å². The molecule has 0 aromatic carbocycles. The van der Waals surface area contributed by atoms with Gasteiger partial charge in [0.15, 0.2) is 0 Å². The third kappa shape index (κ3) is 18.0. The molecule has 0 radical (unpaired) electrons. The Bertz CT molecular complexity index is 11.6. The molecule has 0 atom stereocenters. The normalized spacial score (nSPS) is 0.600. The molecule has 0 fully saturated rings. The summed E-state index contributed by atoms with van der Waals surface area (Å²) in [5.74, 6) is 0. The SMILES string of the molecule is [BaH2].[BiH3].[NaH].[O]=[Ti]. The van der Waals surface area contributed by atoms with Crippen LogP contribution < -0.4 is 0 Å². The average molecular weight is 439 g/mol. The molecular weight excluding hydrogens is 433 g/mol. The molecule has 0 aliphatic rings. The molecule has 0 aromatic rings. The first kappa shape index (κ1) is 23.1. The predicted molar refractivity (Wildman–Crippen MR) is 26.3 cm³/mol. The van der Waals surface area contributed by atoms with Crippen molar-refractivity contribution in [2.24, 2.45) is 0 Å². The average Bonchev–Trinajstić information content (AvgIpc) is 1.00. The van der Waals surface area contributed by atoms with Crippen LogP contribution in [0.25, 0.3) is 0 Å². The van der Waals surface area contributed by atoms with Crippen molar-refractivity contribution in [3.05, 3.63) is 0 Å². The van der Waals surface area contributed by atoms with Crippen LogP contribution in [0.4, 0.5) is 0 Å². The second-order valence-corrected chi connectivity index (χ2v) is 0. The molecule has 0 aliphatic heterocycles. The topological polar surface area (TPSA) is 17.1 Å². The Labute approximate surface area is 125 Å². The van der Waals surface area contributed by atoms with Crippen LogP contribution >= 0.6 is 0 Å². The summed E-state index contributed by atoms with van der Waals surface area (Å²) >= 11 is 0.750. The van der Waals surface area contributed by atoms with E-state index in [1.807, 2.05) is 0 Å². The molecule has 0 spiro atoms. The molecule has 24 valence electrons. The second-order valence-electron chi connectivity index (χ2n) is 0. The maximum absolute atomic E-state index is 8.25. The molecule has 0 unspecified atom stereocenters. The zero-order chi connectivity index (χ0) is 2.00. The summed E-state index contributed by atoms with van der Waals surface area (Å²) in [4.78, 5) is 0. The maximum atomic E-state index is 8.25. The third-order valence-electron chi connectivity index (χ3n) is 0. The van der Waals surface area contributed by atoms with Gasteiger partial charge in [0.25, 0.3) is 0 Å². The van der Waals surface area contributed by atoms with E-state index in [1.54, 1.807) is 0 Å². The van der Waals surface area contributed by atoms with Gasteiger partial charge in [0.1, 0.15) is 0 Å². The fraction of sp³-hybridized carbons (Fsp3) is 0. The van der Waals surface area contributed by atoms with E-state index >= 15 is 0 Å². The van der Waals surface area contributed by atoms with Crippen molar-refractivity contribution in [1.82, 2.24) is 0 Å². The number of hydrogen-bond acceptors (Lipinski definition) is 1. The number of rotatable bonds is 0. The van der Waals surface area contributed by atoms with Crippen LogP contribution in [-0.4, -0.2) is 105 Å². The minimum atomic E-state index is 0. The first-order valence-electron chi connectivity index (χ1n) is 0.204. The van der Waals surface area contributed by atoms with E-state index in [-0.39, 0.29) is 105 Å². The summed E-state index contributed by atoms with van der Waals surface area (Å²) in [6.45, 7) is 0. The van der Waals surface area contributed by atoms with Gasteiger partial charge in [-0.05, 0) is 0 Å². The van der Waals surface area contributed by atoms with Crippen molar-refractivity contribution < 1.29 is 23.7 Å². The van der Waals surface area contributed by atoms with Crippen LogP contribution in [0.5, 0.6) is 0 Å². The quantitative estimate of drug-likeness (QED) is 0.371. The number of hydrogen-bond donors (Lipinski definition) is 0. The molecule has 5 heavy (non-hydrogen) atoms. The van der Waals surface area contributed by atoms with E-state index in [1.165, 1.54) is 0 Å². The van der Waals surface area contributed by atoms with Gasteiger partial charge >= 0.3 is 128 Å². The van der Waals surface area contributed by atoms with Gasteiger partial charge in [-0.15, -0.1) is 0 Å². The predicted octanol–water partition coefficient (Wildman–Crippen LogP) is -2.87.